The molecule has 144 valence electrons. The molecule has 1 heterocycles. The van der Waals surface area contributed by atoms with Crippen LogP contribution in [0.25, 0.3) is 27.7 Å². The van der Waals surface area contributed by atoms with E-state index in [2.05, 4.69) is 5.10 Å². The van der Waals surface area contributed by atoms with Crippen molar-refractivity contribution in [3.8, 4) is 16.9 Å². The van der Waals surface area contributed by atoms with Gasteiger partial charge in [-0.25, -0.2) is 13.5 Å². The third-order valence-electron chi connectivity index (χ3n) is 4.45. The molecular weight excluding hydrogens is 376 g/mol. The SMILES string of the molecule is C/[N+]([O-])=C/c1cccc(-c2nn(-c3c(F)cccc3F)c(=O)c3ccccc23)c1. The van der Waals surface area contributed by atoms with Crippen molar-refractivity contribution in [3.05, 3.63) is 99.5 Å². The lowest BCUT2D eigenvalue weighted by molar-refractivity contribution is -0.416. The summed E-state index contributed by atoms with van der Waals surface area (Å²) in [6.07, 6.45) is 1.39. The Kier molecular flexibility index (Phi) is 4.64. The van der Waals surface area contributed by atoms with Gasteiger partial charge < -0.3 is 5.21 Å². The number of hydrogen-bond donors (Lipinski definition) is 0. The van der Waals surface area contributed by atoms with Crippen LogP contribution in [0.2, 0.25) is 0 Å². The summed E-state index contributed by atoms with van der Waals surface area (Å²) >= 11 is 0. The summed E-state index contributed by atoms with van der Waals surface area (Å²) in [6.45, 7) is 0. The quantitative estimate of drug-likeness (QED) is 0.230. The molecular formula is C22H15F2N3O2. The van der Waals surface area contributed by atoms with E-state index < -0.39 is 22.9 Å². The molecule has 0 aliphatic heterocycles. The number of hydrogen-bond acceptors (Lipinski definition) is 3. The molecule has 0 aliphatic rings. The highest BCUT2D eigenvalue weighted by atomic mass is 19.1. The predicted molar refractivity (Wildman–Crippen MR) is 107 cm³/mol. The van der Waals surface area contributed by atoms with Gasteiger partial charge >= 0.3 is 0 Å². The van der Waals surface area contributed by atoms with Gasteiger partial charge in [0.2, 0.25) is 0 Å². The van der Waals surface area contributed by atoms with Crippen molar-refractivity contribution < 1.29 is 13.5 Å². The second kappa shape index (κ2) is 7.27. The average molecular weight is 391 g/mol. The van der Waals surface area contributed by atoms with Gasteiger partial charge in [0, 0.05) is 16.5 Å². The van der Waals surface area contributed by atoms with Crippen molar-refractivity contribution >= 4 is 17.0 Å². The minimum Gasteiger partial charge on any atom is -0.624 e. The van der Waals surface area contributed by atoms with Crippen LogP contribution in [-0.2, 0) is 0 Å². The summed E-state index contributed by atoms with van der Waals surface area (Å²) in [5.41, 5.74) is 0.427. The maximum absolute atomic E-state index is 14.4. The first-order chi connectivity index (χ1) is 14.0. The number of benzene rings is 3. The highest BCUT2D eigenvalue weighted by molar-refractivity contribution is 5.94. The minimum absolute atomic E-state index is 0.274. The van der Waals surface area contributed by atoms with Gasteiger partial charge in [-0.05, 0) is 30.3 Å². The van der Waals surface area contributed by atoms with Gasteiger partial charge in [-0.2, -0.15) is 9.78 Å². The fourth-order valence-corrected chi connectivity index (χ4v) is 3.22. The predicted octanol–water partition coefficient (Wildman–Crippen LogP) is 3.89. The molecule has 29 heavy (non-hydrogen) atoms. The fourth-order valence-electron chi connectivity index (χ4n) is 3.22. The average Bonchev–Trinajstić information content (AvgIpc) is 2.69. The van der Waals surface area contributed by atoms with Gasteiger partial charge in [0.25, 0.3) is 5.56 Å². The number of para-hydroxylation sites is 1. The lowest BCUT2D eigenvalue weighted by Crippen LogP contribution is -2.24. The third-order valence-corrected chi connectivity index (χ3v) is 4.45. The van der Waals surface area contributed by atoms with Crippen molar-refractivity contribution in [1.82, 2.24) is 9.78 Å². The molecule has 4 aromatic rings. The fraction of sp³-hybridized carbons (Fsp3) is 0.0455. The Morgan fingerprint density at radius 2 is 1.62 bits per heavy atom. The van der Waals surface area contributed by atoms with E-state index in [9.17, 15) is 18.8 Å². The van der Waals surface area contributed by atoms with Gasteiger partial charge in [-0.1, -0.05) is 36.4 Å². The van der Waals surface area contributed by atoms with Crippen LogP contribution in [0.5, 0.6) is 0 Å². The molecule has 0 saturated carbocycles. The summed E-state index contributed by atoms with van der Waals surface area (Å²) in [6, 6.07) is 17.0. The second-order valence-corrected chi connectivity index (χ2v) is 6.48. The maximum atomic E-state index is 14.4. The van der Waals surface area contributed by atoms with Crippen molar-refractivity contribution in [2.45, 2.75) is 0 Å². The molecule has 0 N–H and O–H groups in total. The van der Waals surface area contributed by atoms with Gasteiger partial charge in [-0.15, -0.1) is 0 Å². The van der Waals surface area contributed by atoms with E-state index in [4.69, 9.17) is 0 Å². The zero-order valence-corrected chi connectivity index (χ0v) is 15.3. The van der Waals surface area contributed by atoms with Gasteiger partial charge in [-0.3, -0.25) is 4.79 Å². The largest absolute Gasteiger partial charge is 0.624 e. The Hall–Kier alpha value is -3.87. The lowest BCUT2D eigenvalue weighted by atomic mass is 10.0. The van der Waals surface area contributed by atoms with Crippen LogP contribution < -0.4 is 5.56 Å². The van der Waals surface area contributed by atoms with Gasteiger partial charge in [0.05, 0.1) is 11.1 Å². The Morgan fingerprint density at radius 1 is 0.966 bits per heavy atom. The lowest BCUT2D eigenvalue weighted by Gasteiger charge is -2.12. The van der Waals surface area contributed by atoms with Crippen LogP contribution >= 0.6 is 0 Å². The standard InChI is InChI=1S/C22H15F2N3O2/c1-26(29)13-14-6-4-7-15(12-14)20-16-8-2-3-9-17(16)22(28)27(25-20)21-18(23)10-5-11-19(21)24/h2-13H,1H3/b26-13-. The Morgan fingerprint density at radius 3 is 2.31 bits per heavy atom. The summed E-state index contributed by atoms with van der Waals surface area (Å²) in [5.74, 6) is -1.79. The molecule has 0 amide bonds. The molecule has 0 aliphatic carbocycles. The summed E-state index contributed by atoms with van der Waals surface area (Å²) < 4.78 is 30.2. The molecule has 0 unspecified atom stereocenters. The zero-order valence-electron chi connectivity index (χ0n) is 15.3. The van der Waals surface area contributed by atoms with Gasteiger partial charge in [0.1, 0.15) is 12.7 Å². The Labute approximate surface area is 164 Å². The van der Waals surface area contributed by atoms with Gasteiger partial charge in [0.15, 0.2) is 17.8 Å². The van der Waals surface area contributed by atoms with E-state index in [-0.39, 0.29) is 5.39 Å². The molecule has 0 saturated heterocycles. The molecule has 1 aromatic heterocycles. The first kappa shape index (κ1) is 18.5. The Balaban J connectivity index is 2.07. The van der Waals surface area contributed by atoms with E-state index in [1.807, 2.05) is 0 Å². The number of aromatic nitrogens is 2. The van der Waals surface area contributed by atoms with E-state index in [1.54, 1.807) is 48.5 Å². The molecule has 0 atom stereocenters. The minimum atomic E-state index is -0.893. The molecule has 0 bridgehead atoms. The number of fused-ring (bicyclic) bond motifs is 1. The second-order valence-electron chi connectivity index (χ2n) is 6.48. The van der Waals surface area contributed by atoms with Crippen molar-refractivity contribution in [2.24, 2.45) is 0 Å². The molecule has 4 rings (SSSR count). The molecule has 0 radical (unpaired) electrons. The smallest absolute Gasteiger partial charge is 0.279 e. The molecule has 3 aromatic carbocycles. The maximum Gasteiger partial charge on any atom is 0.279 e. The van der Waals surface area contributed by atoms with E-state index >= 15 is 0 Å². The van der Waals surface area contributed by atoms with Crippen LogP contribution in [-0.4, -0.2) is 27.8 Å². The Bertz CT molecular complexity index is 1310. The molecule has 0 spiro atoms. The zero-order chi connectivity index (χ0) is 20.5. The molecule has 5 nitrogen and oxygen atoms in total. The number of rotatable bonds is 3. The van der Waals surface area contributed by atoms with Crippen LogP contribution in [0, 0.1) is 16.8 Å². The number of halogens is 2. The monoisotopic (exact) mass is 391 g/mol. The summed E-state index contributed by atoms with van der Waals surface area (Å²) in [7, 11) is 1.36. The van der Waals surface area contributed by atoms with Crippen LogP contribution in [0.15, 0.2) is 71.5 Å². The van der Waals surface area contributed by atoms with E-state index in [0.29, 0.717) is 26.9 Å². The van der Waals surface area contributed by atoms with Crippen LogP contribution in [0.3, 0.4) is 0 Å². The van der Waals surface area contributed by atoms with Crippen molar-refractivity contribution in [2.75, 3.05) is 7.05 Å². The van der Waals surface area contributed by atoms with Crippen molar-refractivity contribution in [3.63, 3.8) is 0 Å². The summed E-state index contributed by atoms with van der Waals surface area (Å²) in [4.78, 5) is 12.9. The number of nitrogens with zero attached hydrogens (tertiary/aromatic N) is 3. The summed E-state index contributed by atoms with van der Waals surface area (Å²) in [5, 5.41) is 16.5. The van der Waals surface area contributed by atoms with Crippen molar-refractivity contribution in [1.29, 1.82) is 0 Å². The van der Waals surface area contributed by atoms with Crippen LogP contribution in [0.4, 0.5) is 8.78 Å². The highest BCUT2D eigenvalue weighted by Gasteiger charge is 2.18. The van der Waals surface area contributed by atoms with E-state index in [0.717, 1.165) is 16.8 Å². The molecule has 0 fully saturated rings. The van der Waals surface area contributed by atoms with E-state index in [1.165, 1.54) is 19.3 Å². The first-order valence-electron chi connectivity index (χ1n) is 8.77. The third kappa shape index (κ3) is 3.38. The normalized spacial score (nSPS) is 11.8. The van der Waals surface area contributed by atoms with Crippen LogP contribution in [0.1, 0.15) is 5.56 Å². The molecule has 7 heteroatoms. The topological polar surface area (TPSA) is 61.0 Å². The number of hydroxylamine groups is 1. The highest BCUT2D eigenvalue weighted by Crippen LogP contribution is 2.26. The first-order valence-corrected chi connectivity index (χ1v) is 8.77.